The third-order valence-corrected chi connectivity index (χ3v) is 7.66. The van der Waals surface area contributed by atoms with E-state index in [0.29, 0.717) is 18.8 Å². The zero-order valence-electron chi connectivity index (χ0n) is 17.0. The van der Waals surface area contributed by atoms with Crippen LogP contribution >= 0.6 is 0 Å². The smallest absolute Gasteiger partial charge is 0.493 e. The van der Waals surface area contributed by atoms with Crippen molar-refractivity contribution in [3.05, 3.63) is 54.4 Å². The Morgan fingerprint density at radius 2 is 1.75 bits per heavy atom. The summed E-state index contributed by atoms with van der Waals surface area (Å²) in [6.07, 6.45) is 1.64. The van der Waals surface area contributed by atoms with Gasteiger partial charge in [0.2, 0.25) is 0 Å². The number of benzene rings is 1. The standard InChI is InChI=1S/C21H22N2O8S/c24-19(23-26)21(11-17-18(12-21)31-20(25)30-17)13-32(27,28)16-3-1-15(2-4-16)29-10-7-14-5-8-22-9-6-14/h1-6,8-9,17-18,26H,7,10-13H2,(H,23,24). The fraction of sp³-hybridized carbons (Fsp3) is 0.381. The summed E-state index contributed by atoms with van der Waals surface area (Å²) in [6.45, 7) is 0.414. The second-order valence-corrected chi connectivity index (χ2v) is 9.87. The number of aromatic nitrogens is 1. The van der Waals surface area contributed by atoms with Crippen LogP contribution in [0.4, 0.5) is 4.79 Å². The number of amides is 1. The van der Waals surface area contributed by atoms with Crippen LogP contribution < -0.4 is 10.2 Å². The topological polar surface area (TPSA) is 141 Å². The third kappa shape index (κ3) is 4.53. The van der Waals surface area contributed by atoms with Gasteiger partial charge in [0.1, 0.15) is 18.0 Å². The number of pyridine rings is 1. The molecule has 2 N–H and O–H groups in total. The van der Waals surface area contributed by atoms with Crippen LogP contribution in [0.25, 0.3) is 0 Å². The van der Waals surface area contributed by atoms with Crippen molar-refractivity contribution in [1.82, 2.24) is 10.5 Å². The Kier molecular flexibility index (Phi) is 6.02. The fourth-order valence-corrected chi connectivity index (χ4v) is 5.95. The molecule has 32 heavy (non-hydrogen) atoms. The van der Waals surface area contributed by atoms with E-state index in [9.17, 15) is 23.2 Å². The first-order chi connectivity index (χ1) is 15.3. The number of carbonyl (C=O) groups excluding carboxylic acids is 2. The second kappa shape index (κ2) is 8.75. The number of hydrogen-bond acceptors (Lipinski definition) is 9. The zero-order valence-corrected chi connectivity index (χ0v) is 17.8. The summed E-state index contributed by atoms with van der Waals surface area (Å²) in [6, 6.07) is 9.70. The number of hydrogen-bond donors (Lipinski definition) is 2. The first-order valence-corrected chi connectivity index (χ1v) is 11.6. The normalized spacial score (nSPS) is 24.3. The Labute approximate surface area is 184 Å². The fourth-order valence-electron chi connectivity index (χ4n) is 4.14. The highest BCUT2D eigenvalue weighted by Crippen LogP contribution is 2.46. The molecule has 0 radical (unpaired) electrons. The van der Waals surface area contributed by atoms with Crippen LogP contribution in [0.3, 0.4) is 0 Å². The Morgan fingerprint density at radius 3 is 2.34 bits per heavy atom. The molecule has 1 aliphatic carbocycles. The first-order valence-electron chi connectivity index (χ1n) is 9.98. The first kappa shape index (κ1) is 22.0. The number of sulfone groups is 1. The highest BCUT2D eigenvalue weighted by molar-refractivity contribution is 7.91. The predicted octanol–water partition coefficient (Wildman–Crippen LogP) is 1.67. The van der Waals surface area contributed by atoms with Crippen LogP contribution in [0.2, 0.25) is 0 Å². The zero-order chi connectivity index (χ0) is 22.8. The molecule has 2 fully saturated rings. The van der Waals surface area contributed by atoms with E-state index in [1.165, 1.54) is 12.1 Å². The monoisotopic (exact) mass is 462 g/mol. The summed E-state index contributed by atoms with van der Waals surface area (Å²) in [5.41, 5.74) is 1.13. The average molecular weight is 462 g/mol. The molecule has 2 aromatic rings. The van der Waals surface area contributed by atoms with Gasteiger partial charge in [0, 0.05) is 31.7 Å². The lowest BCUT2D eigenvalue weighted by atomic mass is 9.87. The molecule has 0 bridgehead atoms. The van der Waals surface area contributed by atoms with Crippen molar-refractivity contribution in [2.75, 3.05) is 12.4 Å². The number of ether oxygens (including phenoxy) is 3. The van der Waals surface area contributed by atoms with Crippen molar-refractivity contribution in [2.45, 2.75) is 36.4 Å². The molecule has 1 amide bonds. The highest BCUT2D eigenvalue weighted by Gasteiger charge is 2.58. The van der Waals surface area contributed by atoms with E-state index >= 15 is 0 Å². The minimum Gasteiger partial charge on any atom is -0.493 e. The molecule has 10 nitrogen and oxygen atoms in total. The summed E-state index contributed by atoms with van der Waals surface area (Å²) in [5, 5.41) is 9.18. The molecule has 1 saturated heterocycles. The maximum Gasteiger partial charge on any atom is 0.509 e. The molecule has 2 unspecified atom stereocenters. The predicted molar refractivity (Wildman–Crippen MR) is 109 cm³/mol. The minimum absolute atomic E-state index is 0.0130. The molecular weight excluding hydrogens is 440 g/mol. The van der Waals surface area contributed by atoms with Gasteiger partial charge in [-0.1, -0.05) is 0 Å². The van der Waals surface area contributed by atoms with Gasteiger partial charge >= 0.3 is 6.16 Å². The molecule has 1 aliphatic heterocycles. The number of rotatable bonds is 8. The molecule has 1 aromatic carbocycles. The SMILES string of the molecule is O=C1OC2CC(CS(=O)(=O)c3ccc(OCCc4ccncc4)cc3)(C(=O)NO)CC2O1. The van der Waals surface area contributed by atoms with E-state index in [4.69, 9.17) is 14.2 Å². The number of carbonyl (C=O) groups is 2. The van der Waals surface area contributed by atoms with Crippen molar-refractivity contribution in [3.63, 3.8) is 0 Å². The summed E-state index contributed by atoms with van der Waals surface area (Å²) < 4.78 is 41.8. The van der Waals surface area contributed by atoms with E-state index in [-0.39, 0.29) is 17.7 Å². The Bertz CT molecular complexity index is 1070. The summed E-state index contributed by atoms with van der Waals surface area (Å²) in [7, 11) is -3.91. The van der Waals surface area contributed by atoms with Gasteiger partial charge in [-0.2, -0.15) is 0 Å². The van der Waals surface area contributed by atoms with Crippen LogP contribution in [0, 0.1) is 5.41 Å². The number of hydroxylamine groups is 1. The highest BCUT2D eigenvalue weighted by atomic mass is 32.2. The van der Waals surface area contributed by atoms with E-state index < -0.39 is 45.3 Å². The second-order valence-electron chi connectivity index (χ2n) is 7.88. The van der Waals surface area contributed by atoms with Gasteiger partial charge in [-0.05, 0) is 42.0 Å². The van der Waals surface area contributed by atoms with Crippen LogP contribution in [0.1, 0.15) is 18.4 Å². The quantitative estimate of drug-likeness (QED) is 0.340. The van der Waals surface area contributed by atoms with E-state index in [1.807, 2.05) is 12.1 Å². The van der Waals surface area contributed by atoms with E-state index in [2.05, 4.69) is 4.98 Å². The van der Waals surface area contributed by atoms with Gasteiger partial charge < -0.3 is 14.2 Å². The molecule has 170 valence electrons. The Hall–Kier alpha value is -3.18. The van der Waals surface area contributed by atoms with E-state index in [0.717, 1.165) is 5.56 Å². The third-order valence-electron chi connectivity index (χ3n) is 5.73. The molecular formula is C21H22N2O8S. The summed E-state index contributed by atoms with van der Waals surface area (Å²) in [4.78, 5) is 27.6. The maximum absolute atomic E-state index is 13.1. The molecule has 2 heterocycles. The van der Waals surface area contributed by atoms with Crippen molar-refractivity contribution >= 4 is 21.9 Å². The van der Waals surface area contributed by atoms with Gasteiger partial charge in [-0.15, -0.1) is 0 Å². The number of nitrogens with one attached hydrogen (secondary N) is 1. The molecule has 4 rings (SSSR count). The van der Waals surface area contributed by atoms with Gasteiger partial charge in [-0.3, -0.25) is 15.0 Å². The number of nitrogens with zero attached hydrogens (tertiary/aromatic N) is 1. The van der Waals surface area contributed by atoms with Crippen LogP contribution in [-0.2, 0) is 30.5 Å². The Balaban J connectivity index is 1.43. The van der Waals surface area contributed by atoms with Gasteiger partial charge in [-0.25, -0.2) is 18.7 Å². The average Bonchev–Trinajstić information content (AvgIpc) is 3.28. The number of fused-ring (bicyclic) bond motifs is 1. The van der Waals surface area contributed by atoms with Gasteiger partial charge in [0.05, 0.1) is 22.7 Å². The summed E-state index contributed by atoms with van der Waals surface area (Å²) >= 11 is 0. The van der Waals surface area contributed by atoms with Crippen LogP contribution in [0.15, 0.2) is 53.7 Å². The van der Waals surface area contributed by atoms with Crippen LogP contribution in [0.5, 0.6) is 5.75 Å². The molecule has 2 atom stereocenters. The van der Waals surface area contributed by atoms with Crippen molar-refractivity contribution in [3.8, 4) is 5.75 Å². The van der Waals surface area contributed by atoms with E-state index in [1.54, 1.807) is 30.0 Å². The molecule has 0 spiro atoms. The van der Waals surface area contributed by atoms with Gasteiger partial charge in [0.25, 0.3) is 5.91 Å². The van der Waals surface area contributed by atoms with Crippen molar-refractivity contribution in [2.24, 2.45) is 5.41 Å². The lowest BCUT2D eigenvalue weighted by Gasteiger charge is -2.26. The summed E-state index contributed by atoms with van der Waals surface area (Å²) in [5.74, 6) is -0.912. The lowest BCUT2D eigenvalue weighted by molar-refractivity contribution is -0.139. The molecule has 1 saturated carbocycles. The molecule has 2 aliphatic rings. The van der Waals surface area contributed by atoms with Crippen molar-refractivity contribution in [1.29, 1.82) is 0 Å². The Morgan fingerprint density at radius 1 is 1.12 bits per heavy atom. The van der Waals surface area contributed by atoms with Crippen LogP contribution in [-0.4, -0.2) is 55.2 Å². The molecule has 11 heteroatoms. The maximum atomic E-state index is 13.1. The largest absolute Gasteiger partial charge is 0.509 e. The lowest BCUT2D eigenvalue weighted by Crippen LogP contribution is -2.43. The molecule has 1 aromatic heterocycles. The minimum atomic E-state index is -3.91. The van der Waals surface area contributed by atoms with Crippen molar-refractivity contribution < 1.29 is 37.4 Å². The van der Waals surface area contributed by atoms with Gasteiger partial charge in [0.15, 0.2) is 9.84 Å².